The van der Waals surface area contributed by atoms with Crippen LogP contribution in [-0.4, -0.2) is 21.1 Å². The van der Waals surface area contributed by atoms with E-state index in [1.54, 1.807) is 11.3 Å². The summed E-state index contributed by atoms with van der Waals surface area (Å²) in [6.07, 6.45) is 2.21. The average Bonchev–Trinajstić information content (AvgIpc) is 2.89. The minimum Gasteiger partial charge on any atom is -0.300 e. The first-order valence-corrected chi connectivity index (χ1v) is 7.40. The number of thiazole rings is 1. The van der Waals surface area contributed by atoms with Crippen LogP contribution in [0.15, 0.2) is 5.38 Å². The van der Waals surface area contributed by atoms with E-state index < -0.39 is 0 Å². The summed E-state index contributed by atoms with van der Waals surface area (Å²) in [5, 5.41) is 15.1. The summed E-state index contributed by atoms with van der Waals surface area (Å²) >= 11 is 2.98. The smallest absolute Gasteiger partial charge is 0.232 e. The first-order valence-electron chi connectivity index (χ1n) is 5.70. The number of nitrogens with zero attached hydrogens (tertiary/aromatic N) is 3. The van der Waals surface area contributed by atoms with Gasteiger partial charge in [0.15, 0.2) is 0 Å². The number of anilines is 1. The van der Waals surface area contributed by atoms with Gasteiger partial charge in [-0.2, -0.15) is 0 Å². The zero-order valence-corrected chi connectivity index (χ0v) is 11.9. The molecule has 0 saturated heterocycles. The Labute approximate surface area is 113 Å². The highest BCUT2D eigenvalue weighted by molar-refractivity contribution is 7.15. The third-order valence-electron chi connectivity index (χ3n) is 2.19. The van der Waals surface area contributed by atoms with Gasteiger partial charge in [-0.15, -0.1) is 21.5 Å². The summed E-state index contributed by atoms with van der Waals surface area (Å²) in [5.74, 6) is -0.0977. The number of aryl methyl sites for hydroxylation is 2. The van der Waals surface area contributed by atoms with Crippen LogP contribution in [0.4, 0.5) is 5.13 Å². The van der Waals surface area contributed by atoms with Gasteiger partial charge in [-0.3, -0.25) is 4.79 Å². The fraction of sp³-hybridized carbons (Fsp3) is 0.455. The molecule has 0 unspecified atom stereocenters. The molecule has 2 rings (SSSR count). The first-order chi connectivity index (χ1) is 8.67. The van der Waals surface area contributed by atoms with Crippen LogP contribution in [0.2, 0.25) is 0 Å². The average molecular weight is 282 g/mol. The molecule has 18 heavy (non-hydrogen) atoms. The molecule has 0 bridgehead atoms. The summed E-state index contributed by atoms with van der Waals surface area (Å²) in [6, 6.07) is 0. The van der Waals surface area contributed by atoms with Gasteiger partial charge >= 0.3 is 0 Å². The summed E-state index contributed by atoms with van der Waals surface area (Å²) in [7, 11) is 0. The number of carbonyl (C=O) groups excluding carboxylic acids is 1. The maximum Gasteiger partial charge on any atom is 0.232 e. The first kappa shape index (κ1) is 13.1. The minimum absolute atomic E-state index is 0.0977. The molecule has 0 aliphatic heterocycles. The van der Waals surface area contributed by atoms with Crippen molar-refractivity contribution in [2.75, 3.05) is 5.32 Å². The Morgan fingerprint density at radius 1 is 1.44 bits per heavy atom. The van der Waals surface area contributed by atoms with Gasteiger partial charge in [0.2, 0.25) is 11.0 Å². The van der Waals surface area contributed by atoms with Gasteiger partial charge in [-0.05, 0) is 13.3 Å². The van der Waals surface area contributed by atoms with Crippen molar-refractivity contribution in [1.29, 1.82) is 0 Å². The van der Waals surface area contributed by atoms with E-state index in [-0.39, 0.29) is 12.3 Å². The summed E-state index contributed by atoms with van der Waals surface area (Å²) in [4.78, 5) is 16.0. The molecule has 0 atom stereocenters. The largest absolute Gasteiger partial charge is 0.300 e. The van der Waals surface area contributed by atoms with Gasteiger partial charge < -0.3 is 5.32 Å². The van der Waals surface area contributed by atoms with Gasteiger partial charge in [0, 0.05) is 11.8 Å². The van der Waals surface area contributed by atoms with E-state index in [1.165, 1.54) is 11.3 Å². The van der Waals surface area contributed by atoms with Crippen molar-refractivity contribution in [2.45, 2.75) is 33.1 Å². The van der Waals surface area contributed by atoms with Gasteiger partial charge in [-0.1, -0.05) is 18.3 Å². The van der Waals surface area contributed by atoms with Crippen molar-refractivity contribution in [3.05, 3.63) is 21.1 Å². The Balaban J connectivity index is 1.90. The lowest BCUT2D eigenvalue weighted by Gasteiger charge is -1.97. The maximum absolute atomic E-state index is 11.8. The topological polar surface area (TPSA) is 67.8 Å². The molecule has 0 aromatic carbocycles. The second kappa shape index (κ2) is 6.01. The third kappa shape index (κ3) is 3.58. The molecule has 1 amide bonds. The van der Waals surface area contributed by atoms with Crippen molar-refractivity contribution in [3.8, 4) is 0 Å². The van der Waals surface area contributed by atoms with Crippen LogP contribution < -0.4 is 5.32 Å². The van der Waals surface area contributed by atoms with Crippen molar-refractivity contribution in [3.63, 3.8) is 0 Å². The molecule has 96 valence electrons. The highest BCUT2D eigenvalue weighted by Crippen LogP contribution is 2.17. The number of nitrogens with one attached hydrogen (secondary N) is 1. The predicted molar refractivity (Wildman–Crippen MR) is 73.1 cm³/mol. The minimum atomic E-state index is -0.0977. The van der Waals surface area contributed by atoms with Crippen LogP contribution in [0, 0.1) is 6.92 Å². The number of carbonyl (C=O) groups is 1. The van der Waals surface area contributed by atoms with Gasteiger partial charge in [0.05, 0.1) is 17.1 Å². The Morgan fingerprint density at radius 3 is 2.94 bits per heavy atom. The summed E-state index contributed by atoms with van der Waals surface area (Å²) < 4.78 is 0. The predicted octanol–water partition coefficient (Wildman–Crippen LogP) is 2.44. The SMILES string of the molecule is CCCc1nnc(NC(=O)Cc2csc(C)n2)s1. The lowest BCUT2D eigenvalue weighted by molar-refractivity contribution is -0.115. The monoisotopic (exact) mass is 282 g/mol. The molecule has 2 aromatic heterocycles. The van der Waals surface area contributed by atoms with E-state index in [1.807, 2.05) is 12.3 Å². The van der Waals surface area contributed by atoms with Crippen LogP contribution in [0.25, 0.3) is 0 Å². The second-order valence-corrected chi connectivity index (χ2v) is 5.96. The number of hydrogen-bond acceptors (Lipinski definition) is 6. The van der Waals surface area contributed by atoms with Crippen LogP contribution in [0.5, 0.6) is 0 Å². The standard InChI is InChI=1S/C11H14N4OS2/c1-3-4-10-14-15-11(18-10)13-9(16)5-8-6-17-7(2)12-8/h6H,3-5H2,1-2H3,(H,13,15,16). The second-order valence-electron chi connectivity index (χ2n) is 3.83. The van der Waals surface area contributed by atoms with E-state index in [2.05, 4.69) is 27.4 Å². The molecular formula is C11H14N4OS2. The molecule has 0 fully saturated rings. The Bertz CT molecular complexity index is 535. The Hall–Kier alpha value is -1.34. The van der Waals surface area contributed by atoms with Crippen LogP contribution in [0.3, 0.4) is 0 Å². The van der Waals surface area contributed by atoms with Gasteiger partial charge in [0.1, 0.15) is 5.01 Å². The lowest BCUT2D eigenvalue weighted by atomic mass is 10.3. The highest BCUT2D eigenvalue weighted by atomic mass is 32.1. The fourth-order valence-corrected chi connectivity index (χ4v) is 2.91. The Kier molecular flexibility index (Phi) is 4.38. The number of hydrogen-bond donors (Lipinski definition) is 1. The molecule has 0 aliphatic carbocycles. The molecule has 2 aromatic rings. The molecular weight excluding hydrogens is 268 g/mol. The quantitative estimate of drug-likeness (QED) is 0.914. The van der Waals surface area contributed by atoms with E-state index in [0.29, 0.717) is 5.13 Å². The Morgan fingerprint density at radius 2 is 2.28 bits per heavy atom. The van der Waals surface area contributed by atoms with Gasteiger partial charge in [-0.25, -0.2) is 4.98 Å². The molecule has 0 radical (unpaired) electrons. The summed E-state index contributed by atoms with van der Waals surface area (Å²) in [6.45, 7) is 4.01. The molecule has 1 N–H and O–H groups in total. The molecule has 7 heteroatoms. The van der Waals surface area contributed by atoms with E-state index in [0.717, 1.165) is 28.6 Å². The van der Waals surface area contributed by atoms with E-state index in [9.17, 15) is 4.79 Å². The van der Waals surface area contributed by atoms with Crippen LogP contribution >= 0.6 is 22.7 Å². The van der Waals surface area contributed by atoms with Crippen LogP contribution in [-0.2, 0) is 17.6 Å². The number of rotatable bonds is 5. The fourth-order valence-electron chi connectivity index (χ4n) is 1.44. The van der Waals surface area contributed by atoms with Crippen molar-refractivity contribution in [1.82, 2.24) is 15.2 Å². The number of amides is 1. The van der Waals surface area contributed by atoms with Crippen molar-refractivity contribution in [2.24, 2.45) is 0 Å². The zero-order valence-electron chi connectivity index (χ0n) is 10.3. The normalized spacial score (nSPS) is 10.6. The molecule has 5 nitrogen and oxygen atoms in total. The lowest BCUT2D eigenvalue weighted by Crippen LogP contribution is -2.14. The van der Waals surface area contributed by atoms with Gasteiger partial charge in [0.25, 0.3) is 0 Å². The van der Waals surface area contributed by atoms with E-state index >= 15 is 0 Å². The zero-order chi connectivity index (χ0) is 13.0. The molecule has 0 aliphatic rings. The van der Waals surface area contributed by atoms with E-state index in [4.69, 9.17) is 0 Å². The molecule has 0 spiro atoms. The molecule has 0 saturated carbocycles. The molecule has 2 heterocycles. The highest BCUT2D eigenvalue weighted by Gasteiger charge is 2.10. The third-order valence-corrected chi connectivity index (χ3v) is 3.91. The maximum atomic E-state index is 11.8. The van der Waals surface area contributed by atoms with Crippen molar-refractivity contribution < 1.29 is 4.79 Å². The summed E-state index contributed by atoms with van der Waals surface area (Å²) in [5.41, 5.74) is 0.799. The van der Waals surface area contributed by atoms with Crippen molar-refractivity contribution >= 4 is 33.7 Å². The number of aromatic nitrogens is 3. The van der Waals surface area contributed by atoms with Crippen LogP contribution in [0.1, 0.15) is 29.1 Å².